The summed E-state index contributed by atoms with van der Waals surface area (Å²) in [6.07, 6.45) is 1.26. The highest BCUT2D eigenvalue weighted by atomic mass is 32.1. The predicted octanol–water partition coefficient (Wildman–Crippen LogP) is 2.73. The van der Waals surface area contributed by atoms with E-state index in [-0.39, 0.29) is 11.9 Å². The molecule has 1 aromatic carbocycles. The number of hydrogen-bond donors (Lipinski definition) is 2. The van der Waals surface area contributed by atoms with Crippen LogP contribution in [0.25, 0.3) is 10.6 Å². The number of amides is 1. The molecule has 2 rings (SSSR count). The van der Waals surface area contributed by atoms with Gasteiger partial charge in [-0.2, -0.15) is 0 Å². The van der Waals surface area contributed by atoms with Gasteiger partial charge in [-0.1, -0.05) is 25.1 Å². The van der Waals surface area contributed by atoms with Crippen LogP contribution in [0.15, 0.2) is 29.6 Å². The van der Waals surface area contributed by atoms with Crippen LogP contribution in [-0.4, -0.2) is 16.9 Å². The Morgan fingerprint density at radius 2 is 2.29 bits per heavy atom. The van der Waals surface area contributed by atoms with Crippen LogP contribution in [-0.2, 0) is 17.8 Å². The minimum absolute atomic E-state index is 0.0249. The van der Waals surface area contributed by atoms with E-state index in [1.54, 1.807) is 11.3 Å². The van der Waals surface area contributed by atoms with E-state index in [0.29, 0.717) is 13.0 Å². The van der Waals surface area contributed by atoms with Crippen LogP contribution in [0.5, 0.6) is 0 Å². The highest BCUT2D eigenvalue weighted by molar-refractivity contribution is 7.13. The number of nitrogens with one attached hydrogen (secondary N) is 1. The van der Waals surface area contributed by atoms with Gasteiger partial charge in [0.15, 0.2) is 0 Å². The van der Waals surface area contributed by atoms with E-state index in [1.807, 2.05) is 36.6 Å². The Morgan fingerprint density at radius 1 is 1.48 bits per heavy atom. The Labute approximate surface area is 129 Å². The summed E-state index contributed by atoms with van der Waals surface area (Å²) < 4.78 is 0. The second-order valence-corrected chi connectivity index (χ2v) is 5.96. The molecule has 0 aliphatic rings. The Kier molecular flexibility index (Phi) is 5.47. The van der Waals surface area contributed by atoms with Crippen molar-refractivity contribution in [3.63, 3.8) is 0 Å². The molecule has 0 aliphatic heterocycles. The summed E-state index contributed by atoms with van der Waals surface area (Å²) in [6, 6.07) is 8.24. The highest BCUT2D eigenvalue weighted by Crippen LogP contribution is 2.24. The summed E-state index contributed by atoms with van der Waals surface area (Å²) in [5.74, 6) is 0.0249. The molecule has 2 aromatic rings. The largest absolute Gasteiger partial charge is 0.353 e. The number of nitrogens with two attached hydrogens (primary N) is 1. The van der Waals surface area contributed by atoms with E-state index in [9.17, 15) is 4.79 Å². The van der Waals surface area contributed by atoms with Crippen LogP contribution < -0.4 is 11.1 Å². The van der Waals surface area contributed by atoms with Gasteiger partial charge in [0, 0.05) is 23.5 Å². The monoisotopic (exact) mass is 303 g/mol. The molecule has 1 unspecified atom stereocenters. The second kappa shape index (κ2) is 7.33. The first-order chi connectivity index (χ1) is 10.1. The van der Waals surface area contributed by atoms with Crippen molar-refractivity contribution in [2.45, 2.75) is 39.3 Å². The standard InChI is InChI=1S/C16H21N3OS/c1-3-11(2)18-15(20)8-14-10-21-16(19-14)13-6-4-5-12(7-13)9-17/h4-7,10-11H,3,8-9,17H2,1-2H3,(H,18,20). The molecule has 4 nitrogen and oxygen atoms in total. The predicted molar refractivity (Wildman–Crippen MR) is 87.0 cm³/mol. The molecular weight excluding hydrogens is 282 g/mol. The fourth-order valence-corrected chi connectivity index (χ4v) is 2.76. The number of nitrogens with zero attached hydrogens (tertiary/aromatic N) is 1. The molecule has 1 aromatic heterocycles. The lowest BCUT2D eigenvalue weighted by Crippen LogP contribution is -2.33. The van der Waals surface area contributed by atoms with Crippen LogP contribution in [0.3, 0.4) is 0 Å². The van der Waals surface area contributed by atoms with Gasteiger partial charge in [0.25, 0.3) is 0 Å². The molecule has 3 N–H and O–H groups in total. The maximum atomic E-state index is 11.9. The van der Waals surface area contributed by atoms with Gasteiger partial charge in [0.2, 0.25) is 5.91 Å². The summed E-state index contributed by atoms with van der Waals surface area (Å²) >= 11 is 1.56. The summed E-state index contributed by atoms with van der Waals surface area (Å²) in [7, 11) is 0. The summed E-state index contributed by atoms with van der Waals surface area (Å²) in [4.78, 5) is 16.4. The zero-order valence-electron chi connectivity index (χ0n) is 12.4. The van der Waals surface area contributed by atoms with Crippen LogP contribution >= 0.6 is 11.3 Å². The van der Waals surface area contributed by atoms with E-state index < -0.39 is 0 Å². The number of carbonyl (C=O) groups excluding carboxylic acids is 1. The van der Waals surface area contributed by atoms with E-state index in [0.717, 1.165) is 28.2 Å². The van der Waals surface area contributed by atoms with Crippen LogP contribution in [0, 0.1) is 0 Å². The van der Waals surface area contributed by atoms with Gasteiger partial charge < -0.3 is 11.1 Å². The third-order valence-electron chi connectivity index (χ3n) is 3.32. The number of rotatable bonds is 6. The first-order valence-electron chi connectivity index (χ1n) is 7.15. The van der Waals surface area contributed by atoms with Gasteiger partial charge in [-0.15, -0.1) is 11.3 Å². The fraction of sp³-hybridized carbons (Fsp3) is 0.375. The summed E-state index contributed by atoms with van der Waals surface area (Å²) in [6.45, 7) is 4.57. The molecule has 1 heterocycles. The van der Waals surface area contributed by atoms with Crippen molar-refractivity contribution < 1.29 is 4.79 Å². The third kappa shape index (κ3) is 4.37. The molecule has 1 atom stereocenters. The molecule has 112 valence electrons. The Hall–Kier alpha value is -1.72. The molecule has 0 aliphatic carbocycles. The Bertz CT molecular complexity index is 609. The Morgan fingerprint density at radius 3 is 3.00 bits per heavy atom. The van der Waals surface area contributed by atoms with E-state index in [4.69, 9.17) is 5.73 Å². The fourth-order valence-electron chi connectivity index (χ4n) is 1.94. The van der Waals surface area contributed by atoms with Gasteiger partial charge in [0.1, 0.15) is 5.01 Å². The van der Waals surface area contributed by atoms with Crippen molar-refractivity contribution >= 4 is 17.2 Å². The summed E-state index contributed by atoms with van der Waals surface area (Å²) in [5, 5.41) is 5.83. The molecule has 0 saturated carbocycles. The van der Waals surface area contributed by atoms with Crippen molar-refractivity contribution in [3.05, 3.63) is 40.9 Å². The normalized spacial score (nSPS) is 12.1. The number of benzene rings is 1. The highest BCUT2D eigenvalue weighted by Gasteiger charge is 2.10. The third-order valence-corrected chi connectivity index (χ3v) is 4.26. The molecule has 0 saturated heterocycles. The minimum atomic E-state index is 0.0249. The molecule has 0 fully saturated rings. The van der Waals surface area contributed by atoms with Crippen molar-refractivity contribution in [2.24, 2.45) is 5.73 Å². The molecule has 1 amide bonds. The zero-order valence-corrected chi connectivity index (χ0v) is 13.2. The lowest BCUT2D eigenvalue weighted by molar-refractivity contribution is -0.121. The van der Waals surface area contributed by atoms with Crippen molar-refractivity contribution in [1.29, 1.82) is 0 Å². The van der Waals surface area contributed by atoms with Crippen LogP contribution in [0.2, 0.25) is 0 Å². The van der Waals surface area contributed by atoms with Gasteiger partial charge in [-0.05, 0) is 25.0 Å². The zero-order chi connectivity index (χ0) is 15.2. The van der Waals surface area contributed by atoms with Crippen molar-refractivity contribution in [2.75, 3.05) is 0 Å². The molecule has 0 spiro atoms. The molecule has 21 heavy (non-hydrogen) atoms. The average Bonchev–Trinajstić information content (AvgIpc) is 2.95. The lowest BCUT2D eigenvalue weighted by atomic mass is 10.1. The SMILES string of the molecule is CCC(C)NC(=O)Cc1csc(-c2cccc(CN)c2)n1. The second-order valence-electron chi connectivity index (χ2n) is 5.10. The summed E-state index contributed by atoms with van der Waals surface area (Å²) in [5.41, 5.74) is 8.61. The van der Waals surface area contributed by atoms with Crippen LogP contribution in [0.4, 0.5) is 0 Å². The number of thiazole rings is 1. The first kappa shape index (κ1) is 15.7. The van der Waals surface area contributed by atoms with E-state index in [2.05, 4.69) is 17.2 Å². The number of carbonyl (C=O) groups is 1. The number of hydrogen-bond acceptors (Lipinski definition) is 4. The topological polar surface area (TPSA) is 68.0 Å². The maximum absolute atomic E-state index is 11.9. The number of aromatic nitrogens is 1. The maximum Gasteiger partial charge on any atom is 0.226 e. The van der Waals surface area contributed by atoms with Crippen molar-refractivity contribution in [1.82, 2.24) is 10.3 Å². The van der Waals surface area contributed by atoms with Gasteiger partial charge in [-0.3, -0.25) is 4.79 Å². The smallest absolute Gasteiger partial charge is 0.226 e. The van der Waals surface area contributed by atoms with Gasteiger partial charge in [0.05, 0.1) is 12.1 Å². The molecule has 5 heteroatoms. The average molecular weight is 303 g/mol. The Balaban J connectivity index is 2.05. The van der Waals surface area contributed by atoms with Crippen molar-refractivity contribution in [3.8, 4) is 10.6 Å². The molecular formula is C16H21N3OS. The van der Waals surface area contributed by atoms with Crippen LogP contribution in [0.1, 0.15) is 31.5 Å². The molecule has 0 radical (unpaired) electrons. The molecule has 0 bridgehead atoms. The minimum Gasteiger partial charge on any atom is -0.353 e. The van der Waals surface area contributed by atoms with Gasteiger partial charge in [-0.25, -0.2) is 4.98 Å². The van der Waals surface area contributed by atoms with E-state index >= 15 is 0 Å². The van der Waals surface area contributed by atoms with Gasteiger partial charge >= 0.3 is 0 Å². The van der Waals surface area contributed by atoms with E-state index in [1.165, 1.54) is 0 Å². The lowest BCUT2D eigenvalue weighted by Gasteiger charge is -2.10. The first-order valence-corrected chi connectivity index (χ1v) is 8.03. The quantitative estimate of drug-likeness (QED) is 0.862.